The Balaban J connectivity index is 1.65. The minimum absolute atomic E-state index is 0.175. The van der Waals surface area contributed by atoms with Gasteiger partial charge in [-0.1, -0.05) is 5.16 Å². The van der Waals surface area contributed by atoms with Gasteiger partial charge >= 0.3 is 0 Å². The van der Waals surface area contributed by atoms with Crippen molar-refractivity contribution >= 4 is 23.5 Å². The number of anilines is 1. The van der Waals surface area contributed by atoms with Gasteiger partial charge in [0.05, 0.1) is 18.4 Å². The molecule has 2 aromatic heterocycles. The lowest BCUT2D eigenvalue weighted by Gasteiger charge is -2.07. The number of pyridine rings is 1. The smallest absolute Gasteiger partial charge is 0.226 e. The van der Waals surface area contributed by atoms with Crippen molar-refractivity contribution in [1.82, 2.24) is 10.1 Å². The summed E-state index contributed by atoms with van der Waals surface area (Å²) < 4.78 is 10.1. The average molecular weight is 394 g/mol. The first-order valence-corrected chi connectivity index (χ1v) is 9.49. The van der Waals surface area contributed by atoms with Crippen molar-refractivity contribution in [3.05, 3.63) is 53.8 Å². The minimum atomic E-state index is -0.175. The number of methoxy groups -OCH3 is 1. The van der Waals surface area contributed by atoms with Gasteiger partial charge in [-0.15, -0.1) is 11.8 Å². The van der Waals surface area contributed by atoms with Gasteiger partial charge in [0.15, 0.2) is 5.82 Å². The van der Waals surface area contributed by atoms with Crippen LogP contribution in [0.3, 0.4) is 0 Å². The number of rotatable bonds is 7. The largest absolute Gasteiger partial charge is 0.497 e. The molecule has 0 unspecified atom stereocenters. The number of hydrogen-bond donors (Lipinski definition) is 1. The summed E-state index contributed by atoms with van der Waals surface area (Å²) >= 11 is 1.37. The second-order valence-corrected chi connectivity index (χ2v) is 6.94. The van der Waals surface area contributed by atoms with Crippen LogP contribution in [0.2, 0.25) is 0 Å². The van der Waals surface area contributed by atoms with E-state index in [1.165, 1.54) is 11.8 Å². The van der Waals surface area contributed by atoms with E-state index in [1.807, 2.05) is 30.3 Å². The average Bonchev–Trinajstić information content (AvgIpc) is 3.12. The summed E-state index contributed by atoms with van der Waals surface area (Å²) in [7, 11) is 1.61. The van der Waals surface area contributed by atoms with E-state index < -0.39 is 0 Å². The zero-order valence-electron chi connectivity index (χ0n) is 15.4. The first-order chi connectivity index (χ1) is 13.6. The maximum atomic E-state index is 12.0. The molecule has 28 heavy (non-hydrogen) atoms. The van der Waals surface area contributed by atoms with Gasteiger partial charge < -0.3 is 14.6 Å². The Morgan fingerprint density at radius 3 is 2.71 bits per heavy atom. The Hall–Kier alpha value is -3.31. The Morgan fingerprint density at radius 1 is 1.29 bits per heavy atom. The van der Waals surface area contributed by atoms with E-state index >= 15 is 0 Å². The van der Waals surface area contributed by atoms with Crippen molar-refractivity contribution < 1.29 is 14.1 Å². The van der Waals surface area contributed by atoms with Crippen molar-refractivity contribution in [2.75, 3.05) is 18.2 Å². The summed E-state index contributed by atoms with van der Waals surface area (Å²) in [5, 5.41) is 16.3. The zero-order chi connectivity index (χ0) is 19.9. The van der Waals surface area contributed by atoms with E-state index in [1.54, 1.807) is 26.2 Å². The monoisotopic (exact) mass is 394 g/mol. The summed E-state index contributed by atoms with van der Waals surface area (Å²) in [4.78, 5) is 16.6. The molecule has 0 atom stereocenters. The number of nitriles is 1. The van der Waals surface area contributed by atoms with Crippen LogP contribution >= 0.6 is 11.8 Å². The Labute approximate surface area is 166 Å². The molecule has 0 aliphatic carbocycles. The Kier molecular flexibility index (Phi) is 6.29. The lowest BCUT2D eigenvalue weighted by molar-refractivity contribution is -0.115. The van der Waals surface area contributed by atoms with Crippen LogP contribution < -0.4 is 10.1 Å². The molecule has 0 spiro atoms. The van der Waals surface area contributed by atoms with E-state index in [0.29, 0.717) is 27.9 Å². The summed E-state index contributed by atoms with van der Waals surface area (Å²) in [6, 6.07) is 14.9. The molecule has 0 fully saturated rings. The highest BCUT2D eigenvalue weighted by molar-refractivity contribution is 7.99. The molecule has 1 amide bonds. The van der Waals surface area contributed by atoms with Gasteiger partial charge in [0.25, 0.3) is 0 Å². The number of carbonyl (C=O) groups excluding carboxylic acids is 1. The maximum absolute atomic E-state index is 12.0. The van der Waals surface area contributed by atoms with E-state index in [4.69, 9.17) is 9.26 Å². The maximum Gasteiger partial charge on any atom is 0.226 e. The molecule has 0 bridgehead atoms. The van der Waals surface area contributed by atoms with Gasteiger partial charge in [-0.2, -0.15) is 5.26 Å². The molecule has 0 aliphatic rings. The van der Waals surface area contributed by atoms with Crippen molar-refractivity contribution in [2.45, 2.75) is 18.4 Å². The molecule has 2 heterocycles. The molecule has 0 aliphatic heterocycles. The number of amides is 1. The second kappa shape index (κ2) is 9.06. The van der Waals surface area contributed by atoms with Crippen LogP contribution in [0.4, 0.5) is 5.82 Å². The summed E-state index contributed by atoms with van der Waals surface area (Å²) in [5.74, 6) is 2.09. The minimum Gasteiger partial charge on any atom is -0.497 e. The molecule has 1 N–H and O–H groups in total. The number of nitrogens with one attached hydrogen (secondary N) is 1. The standard InChI is InChI=1S/C20H18N4O3S/c1-13-11-18(24-27-13)23-19(25)9-10-28-20-15(12-21)5-8-17(22-20)14-3-6-16(26-2)7-4-14/h3-8,11H,9-10H2,1-2H3,(H,23,24,25). The molecule has 0 saturated heterocycles. The van der Waals surface area contributed by atoms with Crippen molar-refractivity contribution in [3.8, 4) is 23.1 Å². The number of hydrogen-bond acceptors (Lipinski definition) is 7. The molecular weight excluding hydrogens is 376 g/mol. The Bertz CT molecular complexity index is 1010. The molecule has 8 heteroatoms. The molecule has 1 aromatic carbocycles. The summed E-state index contributed by atoms with van der Waals surface area (Å²) in [6.07, 6.45) is 0.260. The molecule has 3 aromatic rings. The lowest BCUT2D eigenvalue weighted by Crippen LogP contribution is -2.12. The SMILES string of the molecule is COc1ccc(-c2ccc(C#N)c(SCCC(=O)Nc3cc(C)on3)n2)cc1. The highest BCUT2D eigenvalue weighted by atomic mass is 32.2. The van der Waals surface area contributed by atoms with Crippen LogP contribution in [0.1, 0.15) is 17.7 Å². The predicted molar refractivity (Wildman–Crippen MR) is 106 cm³/mol. The summed E-state index contributed by atoms with van der Waals surface area (Å²) in [5.41, 5.74) is 2.16. The van der Waals surface area contributed by atoms with Gasteiger partial charge in [0, 0.05) is 23.8 Å². The fraction of sp³-hybridized carbons (Fsp3) is 0.200. The van der Waals surface area contributed by atoms with E-state index in [-0.39, 0.29) is 12.3 Å². The van der Waals surface area contributed by atoms with Gasteiger partial charge in [-0.05, 0) is 43.3 Å². The third kappa shape index (κ3) is 4.90. The van der Waals surface area contributed by atoms with Crippen LogP contribution in [0.15, 0.2) is 52.0 Å². The molecule has 7 nitrogen and oxygen atoms in total. The van der Waals surface area contributed by atoms with Crippen molar-refractivity contribution in [3.63, 3.8) is 0 Å². The van der Waals surface area contributed by atoms with Crippen LogP contribution in [-0.4, -0.2) is 28.9 Å². The third-order valence-corrected chi connectivity index (χ3v) is 4.82. The first-order valence-electron chi connectivity index (χ1n) is 8.50. The van der Waals surface area contributed by atoms with Crippen LogP contribution in [0.5, 0.6) is 5.75 Å². The fourth-order valence-electron chi connectivity index (χ4n) is 2.43. The van der Waals surface area contributed by atoms with Crippen molar-refractivity contribution in [2.24, 2.45) is 0 Å². The van der Waals surface area contributed by atoms with Crippen molar-refractivity contribution in [1.29, 1.82) is 5.26 Å². The van der Waals surface area contributed by atoms with Gasteiger partial charge in [-0.3, -0.25) is 4.79 Å². The third-order valence-electron chi connectivity index (χ3n) is 3.83. The zero-order valence-corrected chi connectivity index (χ0v) is 16.2. The quantitative estimate of drug-likeness (QED) is 0.603. The van der Waals surface area contributed by atoms with Gasteiger partial charge in [0.2, 0.25) is 5.91 Å². The normalized spacial score (nSPS) is 10.3. The fourth-order valence-corrected chi connectivity index (χ4v) is 3.34. The number of aromatic nitrogens is 2. The lowest BCUT2D eigenvalue weighted by atomic mass is 10.1. The van der Waals surface area contributed by atoms with Gasteiger partial charge in [0.1, 0.15) is 22.6 Å². The van der Waals surface area contributed by atoms with Crippen LogP contribution in [-0.2, 0) is 4.79 Å². The molecule has 3 rings (SSSR count). The van der Waals surface area contributed by atoms with E-state index in [0.717, 1.165) is 17.0 Å². The summed E-state index contributed by atoms with van der Waals surface area (Å²) in [6.45, 7) is 1.75. The number of benzene rings is 1. The first kappa shape index (κ1) is 19.5. The molecule has 142 valence electrons. The highest BCUT2D eigenvalue weighted by Crippen LogP contribution is 2.27. The highest BCUT2D eigenvalue weighted by Gasteiger charge is 2.11. The topological polar surface area (TPSA) is 101 Å². The van der Waals surface area contributed by atoms with Crippen LogP contribution in [0.25, 0.3) is 11.3 Å². The second-order valence-electron chi connectivity index (χ2n) is 5.86. The molecule has 0 saturated carbocycles. The number of nitrogens with zero attached hydrogens (tertiary/aromatic N) is 3. The van der Waals surface area contributed by atoms with Crippen LogP contribution in [0, 0.1) is 18.3 Å². The van der Waals surface area contributed by atoms with Gasteiger partial charge in [-0.25, -0.2) is 4.98 Å². The molecular formula is C20H18N4O3S. The number of thioether (sulfide) groups is 1. The number of ether oxygens (including phenoxy) is 1. The number of aryl methyl sites for hydroxylation is 1. The number of carbonyl (C=O) groups is 1. The molecule has 0 radical (unpaired) electrons. The van der Waals surface area contributed by atoms with E-state index in [9.17, 15) is 10.1 Å². The van der Waals surface area contributed by atoms with E-state index in [2.05, 4.69) is 21.5 Å². The Morgan fingerprint density at radius 2 is 2.07 bits per heavy atom. The predicted octanol–water partition coefficient (Wildman–Crippen LogP) is 4.05.